The van der Waals surface area contributed by atoms with Crippen molar-refractivity contribution >= 4 is 18.9 Å². The smallest absolute Gasteiger partial charge is 0.469 e. The average molecular weight is 591 g/mol. The summed E-state index contributed by atoms with van der Waals surface area (Å²) in [6, 6.07) is 41.9. The zero-order valence-corrected chi connectivity index (χ0v) is 26.3. The van der Waals surface area contributed by atoms with E-state index in [-0.39, 0.29) is 11.7 Å². The second-order valence-electron chi connectivity index (χ2n) is 11.4. The lowest BCUT2D eigenvalue weighted by molar-refractivity contribution is 0.101. The van der Waals surface area contributed by atoms with Crippen molar-refractivity contribution in [2.24, 2.45) is 0 Å². The molecule has 0 aliphatic heterocycles. The molecule has 0 aromatic heterocycles. The van der Waals surface area contributed by atoms with Gasteiger partial charge in [-0.2, -0.15) is 0 Å². The summed E-state index contributed by atoms with van der Waals surface area (Å²) < 4.78 is 24.7. The lowest BCUT2D eigenvalue weighted by Gasteiger charge is -2.37. The van der Waals surface area contributed by atoms with Crippen LogP contribution in [0, 0.1) is 0 Å². The third-order valence-electron chi connectivity index (χ3n) is 7.23. The predicted molar refractivity (Wildman–Crippen MR) is 174 cm³/mol. The molecular formula is C37H38O5Si. The Kier molecular flexibility index (Phi) is 8.90. The number of benzene rings is 5. The molecule has 1 N–H and O–H groups in total. The fourth-order valence-electron chi connectivity index (χ4n) is 5.31. The summed E-state index contributed by atoms with van der Waals surface area (Å²) in [4.78, 5) is 0. The minimum atomic E-state index is -3.19. The highest BCUT2D eigenvalue weighted by atomic mass is 28.4. The van der Waals surface area contributed by atoms with Gasteiger partial charge in [-0.3, -0.25) is 0 Å². The van der Waals surface area contributed by atoms with E-state index in [1.807, 2.05) is 84.9 Å². The lowest BCUT2D eigenvalue weighted by atomic mass is 9.84. The number of aromatic hydroxyl groups is 1. The van der Waals surface area contributed by atoms with Crippen LogP contribution in [0.1, 0.15) is 43.4 Å². The Morgan fingerprint density at radius 1 is 0.581 bits per heavy atom. The molecule has 5 rings (SSSR count). The second-order valence-corrected chi connectivity index (χ2v) is 14.2. The molecule has 5 aromatic carbocycles. The molecule has 0 saturated carbocycles. The van der Waals surface area contributed by atoms with E-state index in [1.165, 1.54) is 0 Å². The largest absolute Gasteiger partial charge is 0.514 e. The Labute approximate surface area is 255 Å². The van der Waals surface area contributed by atoms with Gasteiger partial charge in [0.25, 0.3) is 0 Å². The molecule has 1 unspecified atom stereocenters. The molecule has 5 nitrogen and oxygen atoms in total. The Morgan fingerprint density at radius 3 is 1.49 bits per heavy atom. The summed E-state index contributed by atoms with van der Waals surface area (Å²) in [6.07, 6.45) is 0. The summed E-state index contributed by atoms with van der Waals surface area (Å²) in [5.41, 5.74) is 2.33. The molecule has 0 bridgehead atoms. The van der Waals surface area contributed by atoms with Crippen molar-refractivity contribution < 1.29 is 23.4 Å². The molecule has 0 amide bonds. The van der Waals surface area contributed by atoms with Gasteiger partial charge in [-0.05, 0) is 62.2 Å². The number of methoxy groups -OCH3 is 2. The van der Waals surface area contributed by atoms with Gasteiger partial charge in [-0.25, -0.2) is 0 Å². The standard InChI is InChI=1S/C37H38O5Si/c1-37(2,3)42-43(32-12-8-6-9-13-32,33-14-10-7-11-15-33)41-30-22-18-28(19-23-30)36(27-16-20-29(39-4)21-17-27)34-25-24-31(40-5)26-35(34)38/h6-26,36,38H,1-5H3. The van der Waals surface area contributed by atoms with E-state index in [4.69, 9.17) is 18.3 Å². The molecule has 0 aliphatic carbocycles. The first-order chi connectivity index (χ1) is 20.7. The van der Waals surface area contributed by atoms with Gasteiger partial charge in [0.1, 0.15) is 23.0 Å². The molecule has 0 aliphatic rings. The van der Waals surface area contributed by atoms with Crippen molar-refractivity contribution in [3.8, 4) is 23.0 Å². The van der Waals surface area contributed by atoms with Gasteiger partial charge >= 0.3 is 8.56 Å². The topological polar surface area (TPSA) is 57.2 Å². The second kappa shape index (κ2) is 12.8. The van der Waals surface area contributed by atoms with Crippen molar-refractivity contribution in [3.63, 3.8) is 0 Å². The van der Waals surface area contributed by atoms with E-state index in [0.29, 0.717) is 11.5 Å². The lowest BCUT2D eigenvalue weighted by Crippen LogP contribution is -2.68. The van der Waals surface area contributed by atoms with Crippen LogP contribution in [0.3, 0.4) is 0 Å². The Hall–Kier alpha value is -4.52. The number of hydrogen-bond donors (Lipinski definition) is 1. The summed E-state index contributed by atoms with van der Waals surface area (Å²) >= 11 is 0. The normalized spacial score (nSPS) is 12.4. The van der Waals surface area contributed by atoms with E-state index < -0.39 is 14.2 Å². The van der Waals surface area contributed by atoms with Gasteiger partial charge in [0.15, 0.2) is 0 Å². The minimum Gasteiger partial charge on any atom is -0.514 e. The summed E-state index contributed by atoms with van der Waals surface area (Å²) in [5.74, 6) is 2.01. The predicted octanol–water partition coefficient (Wildman–Crippen LogP) is 7.04. The van der Waals surface area contributed by atoms with Crippen LogP contribution in [0.5, 0.6) is 23.0 Å². The van der Waals surface area contributed by atoms with Crippen molar-refractivity contribution in [1.82, 2.24) is 0 Å². The maximum absolute atomic E-state index is 11.0. The van der Waals surface area contributed by atoms with E-state index in [9.17, 15) is 5.11 Å². The highest BCUT2D eigenvalue weighted by Gasteiger charge is 2.48. The maximum Gasteiger partial charge on any atom is 0.469 e. The minimum absolute atomic E-state index is 0.165. The molecule has 0 heterocycles. The number of phenols is 1. The van der Waals surface area contributed by atoms with Gasteiger partial charge in [-0.15, -0.1) is 0 Å². The highest BCUT2D eigenvalue weighted by molar-refractivity contribution is 6.93. The molecule has 0 radical (unpaired) electrons. The van der Waals surface area contributed by atoms with E-state index in [2.05, 4.69) is 57.2 Å². The van der Waals surface area contributed by atoms with E-state index in [1.54, 1.807) is 20.3 Å². The molecular weight excluding hydrogens is 552 g/mol. The molecule has 6 heteroatoms. The van der Waals surface area contributed by atoms with Crippen molar-refractivity contribution in [2.75, 3.05) is 14.2 Å². The van der Waals surface area contributed by atoms with Crippen LogP contribution >= 0.6 is 0 Å². The zero-order chi connectivity index (χ0) is 30.5. The first-order valence-corrected chi connectivity index (χ1v) is 16.1. The molecule has 0 fully saturated rings. The SMILES string of the molecule is COc1ccc(C(c2ccc(O[Si](OC(C)(C)C)(c3ccccc3)c3ccccc3)cc2)c2ccc(OC)cc2O)cc1. The van der Waals surface area contributed by atoms with Crippen LogP contribution < -0.4 is 24.3 Å². The van der Waals surface area contributed by atoms with E-state index in [0.717, 1.165) is 32.8 Å². The van der Waals surface area contributed by atoms with Crippen LogP contribution in [0.4, 0.5) is 0 Å². The van der Waals surface area contributed by atoms with Crippen LogP contribution in [-0.2, 0) is 4.43 Å². The zero-order valence-electron chi connectivity index (χ0n) is 25.3. The summed E-state index contributed by atoms with van der Waals surface area (Å²) in [6.45, 7) is 6.19. The van der Waals surface area contributed by atoms with Gasteiger partial charge in [0.2, 0.25) is 0 Å². The van der Waals surface area contributed by atoms with Crippen LogP contribution in [-0.4, -0.2) is 33.5 Å². The van der Waals surface area contributed by atoms with Crippen LogP contribution in [0.25, 0.3) is 0 Å². The first-order valence-electron chi connectivity index (χ1n) is 14.3. The third kappa shape index (κ3) is 6.77. The Morgan fingerprint density at radius 2 is 1.05 bits per heavy atom. The van der Waals surface area contributed by atoms with Crippen LogP contribution in [0.15, 0.2) is 127 Å². The van der Waals surface area contributed by atoms with Gasteiger partial charge in [0, 0.05) is 27.9 Å². The molecule has 0 saturated heterocycles. The summed E-state index contributed by atoms with van der Waals surface area (Å²) in [5, 5.41) is 13.1. The fourth-order valence-corrected chi connectivity index (χ4v) is 8.75. The van der Waals surface area contributed by atoms with Crippen molar-refractivity contribution in [2.45, 2.75) is 32.3 Å². The van der Waals surface area contributed by atoms with Gasteiger partial charge in [0.05, 0.1) is 19.8 Å². The molecule has 0 spiro atoms. The Bertz CT molecular complexity index is 1570. The van der Waals surface area contributed by atoms with Crippen molar-refractivity contribution in [1.29, 1.82) is 0 Å². The highest BCUT2D eigenvalue weighted by Crippen LogP contribution is 2.39. The number of ether oxygens (including phenoxy) is 2. The van der Waals surface area contributed by atoms with Crippen LogP contribution in [0.2, 0.25) is 0 Å². The maximum atomic E-state index is 11.0. The average Bonchev–Trinajstić information content (AvgIpc) is 3.03. The van der Waals surface area contributed by atoms with E-state index >= 15 is 0 Å². The quantitative estimate of drug-likeness (QED) is 0.140. The molecule has 43 heavy (non-hydrogen) atoms. The monoisotopic (exact) mass is 590 g/mol. The molecule has 1 atom stereocenters. The third-order valence-corrected chi connectivity index (χ3v) is 10.8. The summed E-state index contributed by atoms with van der Waals surface area (Å²) in [7, 11) is 0.0457. The number of phenolic OH excluding ortho intramolecular Hbond substituents is 1. The molecule has 5 aromatic rings. The number of hydrogen-bond acceptors (Lipinski definition) is 5. The van der Waals surface area contributed by atoms with Gasteiger partial charge in [-0.1, -0.05) is 91.0 Å². The molecule has 220 valence electrons. The van der Waals surface area contributed by atoms with Gasteiger partial charge < -0.3 is 23.4 Å². The number of rotatable bonds is 10. The Balaban J connectivity index is 1.59. The fraction of sp³-hybridized carbons (Fsp3) is 0.189. The first kappa shape index (κ1) is 30.0. The van der Waals surface area contributed by atoms with Crippen molar-refractivity contribution in [3.05, 3.63) is 144 Å².